The first-order chi connectivity index (χ1) is 13.7. The van der Waals surface area contributed by atoms with Gasteiger partial charge in [0.15, 0.2) is 0 Å². The van der Waals surface area contributed by atoms with E-state index in [1.807, 2.05) is 60.7 Å². The van der Waals surface area contributed by atoms with Crippen LogP contribution in [0.4, 0.5) is 0 Å². The van der Waals surface area contributed by atoms with Crippen LogP contribution in [-0.2, 0) is 11.2 Å². The van der Waals surface area contributed by atoms with Crippen molar-refractivity contribution in [2.75, 3.05) is 13.7 Å². The number of hydrogen-bond acceptors (Lipinski definition) is 3. The Hall–Kier alpha value is -3.58. The number of rotatable bonds is 7. The molecule has 0 spiro atoms. The van der Waals surface area contributed by atoms with Gasteiger partial charge in [0.1, 0.15) is 17.4 Å². The van der Waals surface area contributed by atoms with E-state index in [0.717, 1.165) is 29.2 Å². The molecule has 1 amide bonds. The molecule has 0 aliphatic heterocycles. The van der Waals surface area contributed by atoms with Gasteiger partial charge in [-0.2, -0.15) is 5.26 Å². The van der Waals surface area contributed by atoms with Gasteiger partial charge < -0.3 is 10.1 Å². The molecule has 3 aromatic rings. The van der Waals surface area contributed by atoms with Crippen molar-refractivity contribution < 1.29 is 9.53 Å². The summed E-state index contributed by atoms with van der Waals surface area (Å²) in [6, 6.07) is 23.8. The summed E-state index contributed by atoms with van der Waals surface area (Å²) in [6.07, 6.45) is 3.30. The number of aryl methyl sites for hydroxylation is 1. The van der Waals surface area contributed by atoms with E-state index < -0.39 is 0 Å². The second kappa shape index (κ2) is 9.38. The van der Waals surface area contributed by atoms with Gasteiger partial charge >= 0.3 is 0 Å². The Balaban J connectivity index is 1.74. The van der Waals surface area contributed by atoms with Crippen LogP contribution < -0.4 is 10.1 Å². The molecular weight excluding hydrogens is 348 g/mol. The number of carbonyl (C=O) groups is 1. The second-order valence-electron chi connectivity index (χ2n) is 6.42. The Bertz CT molecular complexity index is 1030. The van der Waals surface area contributed by atoms with Crippen molar-refractivity contribution in [3.8, 4) is 11.8 Å². The number of benzene rings is 3. The van der Waals surface area contributed by atoms with Gasteiger partial charge in [0.05, 0.1) is 7.11 Å². The molecule has 0 saturated carbocycles. The van der Waals surface area contributed by atoms with Crippen molar-refractivity contribution in [1.82, 2.24) is 5.32 Å². The van der Waals surface area contributed by atoms with Crippen LogP contribution in [0.3, 0.4) is 0 Å². The fraction of sp³-hybridized carbons (Fsp3) is 0.167. The number of hydrogen-bond donors (Lipinski definition) is 1. The maximum Gasteiger partial charge on any atom is 0.261 e. The second-order valence-corrected chi connectivity index (χ2v) is 6.42. The molecule has 0 radical (unpaired) electrons. The number of ether oxygens (including phenoxy) is 1. The zero-order chi connectivity index (χ0) is 19.8. The van der Waals surface area contributed by atoms with Crippen molar-refractivity contribution in [1.29, 1.82) is 5.26 Å². The van der Waals surface area contributed by atoms with E-state index in [0.29, 0.717) is 12.3 Å². The van der Waals surface area contributed by atoms with Crippen LogP contribution in [0, 0.1) is 11.3 Å². The molecule has 3 rings (SSSR count). The standard InChI is InChI=1S/C24H22N2O2/c1-28-23-14-13-19-11-5-6-12-21(19)22(23)16-20(17-25)24(27)26-15-7-10-18-8-3-2-4-9-18/h2-6,8-9,11-14,16H,7,10,15H2,1H3,(H,26,27)/b20-16+. The number of fused-ring (bicyclic) bond motifs is 1. The molecule has 0 heterocycles. The smallest absolute Gasteiger partial charge is 0.261 e. The SMILES string of the molecule is COc1ccc2ccccc2c1/C=C(\C#N)C(=O)NCCCc1ccccc1. The first-order valence-corrected chi connectivity index (χ1v) is 9.22. The van der Waals surface area contributed by atoms with Crippen molar-refractivity contribution in [2.45, 2.75) is 12.8 Å². The van der Waals surface area contributed by atoms with E-state index in [-0.39, 0.29) is 11.5 Å². The van der Waals surface area contributed by atoms with Gasteiger partial charge in [0.2, 0.25) is 0 Å². The Kier molecular flexibility index (Phi) is 6.43. The molecule has 0 saturated heterocycles. The van der Waals surface area contributed by atoms with Gasteiger partial charge in [0.25, 0.3) is 5.91 Å². The van der Waals surface area contributed by atoms with Crippen molar-refractivity contribution in [2.24, 2.45) is 0 Å². The number of nitriles is 1. The molecule has 0 aliphatic carbocycles. The number of amides is 1. The molecule has 140 valence electrons. The number of methoxy groups -OCH3 is 1. The minimum Gasteiger partial charge on any atom is -0.496 e. The minimum atomic E-state index is -0.370. The lowest BCUT2D eigenvalue weighted by atomic mass is 10.0. The van der Waals surface area contributed by atoms with Gasteiger partial charge in [-0.3, -0.25) is 4.79 Å². The highest BCUT2D eigenvalue weighted by Crippen LogP contribution is 2.30. The lowest BCUT2D eigenvalue weighted by Gasteiger charge is -2.10. The van der Waals surface area contributed by atoms with Crippen LogP contribution in [0.25, 0.3) is 16.8 Å². The van der Waals surface area contributed by atoms with Crippen molar-refractivity contribution >= 4 is 22.8 Å². The van der Waals surface area contributed by atoms with Crippen LogP contribution in [0.1, 0.15) is 17.5 Å². The number of nitrogens with one attached hydrogen (secondary N) is 1. The summed E-state index contributed by atoms with van der Waals surface area (Å²) < 4.78 is 5.44. The molecule has 0 unspecified atom stereocenters. The van der Waals surface area contributed by atoms with Gasteiger partial charge in [-0.05, 0) is 41.3 Å². The van der Waals surface area contributed by atoms with E-state index in [4.69, 9.17) is 4.74 Å². The predicted molar refractivity (Wildman–Crippen MR) is 112 cm³/mol. The van der Waals surface area contributed by atoms with E-state index >= 15 is 0 Å². The maximum absolute atomic E-state index is 12.5. The van der Waals surface area contributed by atoms with Gasteiger partial charge in [-0.1, -0.05) is 60.7 Å². The molecule has 0 fully saturated rings. The van der Waals surface area contributed by atoms with E-state index in [2.05, 4.69) is 17.4 Å². The molecule has 4 heteroatoms. The van der Waals surface area contributed by atoms with E-state index in [1.54, 1.807) is 13.2 Å². The Morgan fingerprint density at radius 3 is 2.57 bits per heavy atom. The van der Waals surface area contributed by atoms with Crippen LogP contribution in [0.5, 0.6) is 5.75 Å². The number of carbonyl (C=O) groups excluding carboxylic acids is 1. The molecule has 0 aliphatic rings. The lowest BCUT2D eigenvalue weighted by Crippen LogP contribution is -2.25. The summed E-state index contributed by atoms with van der Waals surface area (Å²) in [5.41, 5.74) is 2.03. The molecule has 28 heavy (non-hydrogen) atoms. The quantitative estimate of drug-likeness (QED) is 0.378. The summed E-state index contributed by atoms with van der Waals surface area (Å²) in [6.45, 7) is 0.513. The summed E-state index contributed by atoms with van der Waals surface area (Å²) in [5, 5.41) is 14.3. The third-order valence-corrected chi connectivity index (χ3v) is 4.57. The first-order valence-electron chi connectivity index (χ1n) is 9.22. The third kappa shape index (κ3) is 4.57. The Morgan fingerprint density at radius 1 is 1.07 bits per heavy atom. The molecule has 0 bridgehead atoms. The molecule has 3 aromatic carbocycles. The molecule has 0 aromatic heterocycles. The predicted octanol–water partition coefficient (Wildman–Crippen LogP) is 4.50. The minimum absolute atomic E-state index is 0.0642. The van der Waals surface area contributed by atoms with E-state index in [9.17, 15) is 10.1 Å². The molecule has 4 nitrogen and oxygen atoms in total. The van der Waals surface area contributed by atoms with Crippen molar-refractivity contribution in [3.63, 3.8) is 0 Å². The first kappa shape index (κ1) is 19.2. The van der Waals surface area contributed by atoms with E-state index in [1.165, 1.54) is 5.56 Å². The molecule has 1 N–H and O–H groups in total. The normalized spacial score (nSPS) is 11.1. The van der Waals surface area contributed by atoms with Crippen LogP contribution in [0.2, 0.25) is 0 Å². The monoisotopic (exact) mass is 370 g/mol. The van der Waals surface area contributed by atoms with Crippen LogP contribution in [-0.4, -0.2) is 19.6 Å². The number of nitrogens with zero attached hydrogens (tertiary/aromatic N) is 1. The van der Waals surface area contributed by atoms with Gasteiger partial charge in [-0.25, -0.2) is 0 Å². The largest absolute Gasteiger partial charge is 0.496 e. The highest BCUT2D eigenvalue weighted by Gasteiger charge is 2.12. The average molecular weight is 370 g/mol. The zero-order valence-electron chi connectivity index (χ0n) is 15.8. The average Bonchev–Trinajstić information content (AvgIpc) is 2.75. The lowest BCUT2D eigenvalue weighted by molar-refractivity contribution is -0.117. The highest BCUT2D eigenvalue weighted by molar-refractivity contribution is 6.04. The summed E-state index contributed by atoms with van der Waals surface area (Å²) in [4.78, 5) is 12.5. The summed E-state index contributed by atoms with van der Waals surface area (Å²) >= 11 is 0. The molecular formula is C24H22N2O2. The summed E-state index contributed by atoms with van der Waals surface area (Å²) in [5.74, 6) is 0.258. The zero-order valence-corrected chi connectivity index (χ0v) is 15.8. The van der Waals surface area contributed by atoms with Crippen LogP contribution >= 0.6 is 0 Å². The topological polar surface area (TPSA) is 62.1 Å². The fourth-order valence-corrected chi connectivity index (χ4v) is 3.13. The van der Waals surface area contributed by atoms with Gasteiger partial charge in [-0.15, -0.1) is 0 Å². The third-order valence-electron chi connectivity index (χ3n) is 4.57. The Morgan fingerprint density at radius 2 is 1.82 bits per heavy atom. The maximum atomic E-state index is 12.5. The van der Waals surface area contributed by atoms with Crippen molar-refractivity contribution in [3.05, 3.63) is 83.4 Å². The Labute approximate surface area is 165 Å². The van der Waals surface area contributed by atoms with Gasteiger partial charge in [0, 0.05) is 12.1 Å². The highest BCUT2D eigenvalue weighted by atomic mass is 16.5. The van der Waals surface area contributed by atoms with Crippen LogP contribution in [0.15, 0.2) is 72.3 Å². The fourth-order valence-electron chi connectivity index (χ4n) is 3.13. The summed E-state index contributed by atoms with van der Waals surface area (Å²) in [7, 11) is 1.58. The molecule has 0 atom stereocenters.